The minimum absolute atomic E-state index is 0.153. The average molecular weight is 329 g/mol. The van der Waals surface area contributed by atoms with E-state index in [1.54, 1.807) is 0 Å². The van der Waals surface area contributed by atoms with Crippen LogP contribution in [-0.4, -0.2) is 18.5 Å². The number of carbonyl (C=O) groups excluding carboxylic acids is 1. The van der Waals surface area contributed by atoms with E-state index < -0.39 is 0 Å². The SMILES string of the molecule is O=C(CNC1CCCCC1)NC(c1ccccc1)C1CCCCC1. The summed E-state index contributed by atoms with van der Waals surface area (Å²) in [7, 11) is 0. The van der Waals surface area contributed by atoms with Crippen LogP contribution in [-0.2, 0) is 4.79 Å². The highest BCUT2D eigenvalue weighted by molar-refractivity contribution is 5.78. The molecule has 1 amide bonds. The molecule has 1 unspecified atom stereocenters. The normalized spacial score (nSPS) is 21.3. The number of rotatable bonds is 6. The van der Waals surface area contributed by atoms with E-state index in [1.165, 1.54) is 69.8 Å². The lowest BCUT2D eigenvalue weighted by atomic mass is 9.81. The lowest BCUT2D eigenvalue weighted by Crippen LogP contribution is -2.43. The van der Waals surface area contributed by atoms with Gasteiger partial charge in [-0.05, 0) is 37.2 Å². The summed E-state index contributed by atoms with van der Waals surface area (Å²) >= 11 is 0. The Bertz CT molecular complexity index is 490. The molecule has 0 aliphatic heterocycles. The predicted octanol–water partition coefficient (Wildman–Crippen LogP) is 4.35. The fourth-order valence-electron chi connectivity index (χ4n) is 4.37. The molecule has 1 aromatic rings. The molecule has 1 aromatic carbocycles. The van der Waals surface area contributed by atoms with Gasteiger partial charge in [0, 0.05) is 6.04 Å². The topological polar surface area (TPSA) is 41.1 Å². The van der Waals surface area contributed by atoms with Crippen molar-refractivity contribution in [1.82, 2.24) is 10.6 Å². The van der Waals surface area contributed by atoms with Crippen LogP contribution < -0.4 is 10.6 Å². The van der Waals surface area contributed by atoms with Gasteiger partial charge in [0.15, 0.2) is 0 Å². The van der Waals surface area contributed by atoms with Crippen molar-refractivity contribution >= 4 is 5.91 Å². The first-order valence-electron chi connectivity index (χ1n) is 9.90. The molecule has 0 radical (unpaired) electrons. The van der Waals surface area contributed by atoms with Crippen LogP contribution in [0.15, 0.2) is 30.3 Å². The van der Waals surface area contributed by atoms with E-state index in [0.717, 1.165) is 0 Å². The molecule has 2 N–H and O–H groups in total. The third-order valence-electron chi connectivity index (χ3n) is 5.75. The summed E-state index contributed by atoms with van der Waals surface area (Å²) in [5, 5.41) is 6.81. The first-order valence-corrected chi connectivity index (χ1v) is 9.90. The molecule has 0 bridgehead atoms. The van der Waals surface area contributed by atoms with Crippen molar-refractivity contribution in [3.63, 3.8) is 0 Å². The minimum atomic E-state index is 0.153. The molecule has 24 heavy (non-hydrogen) atoms. The van der Waals surface area contributed by atoms with Crippen LogP contribution in [0.1, 0.15) is 75.8 Å². The van der Waals surface area contributed by atoms with Gasteiger partial charge in [-0.25, -0.2) is 0 Å². The van der Waals surface area contributed by atoms with E-state index >= 15 is 0 Å². The van der Waals surface area contributed by atoms with Gasteiger partial charge < -0.3 is 10.6 Å². The standard InChI is InChI=1S/C21H32N2O/c24-20(16-22-19-14-8-3-9-15-19)23-21(17-10-4-1-5-11-17)18-12-6-2-7-13-18/h1,4-5,10-11,18-19,21-22H,2-3,6-9,12-16H2,(H,23,24). The highest BCUT2D eigenvalue weighted by atomic mass is 16.2. The van der Waals surface area contributed by atoms with E-state index in [4.69, 9.17) is 0 Å². The van der Waals surface area contributed by atoms with Crippen molar-refractivity contribution in [1.29, 1.82) is 0 Å². The van der Waals surface area contributed by atoms with Crippen LogP contribution in [0.2, 0.25) is 0 Å². The predicted molar refractivity (Wildman–Crippen MR) is 98.8 cm³/mol. The van der Waals surface area contributed by atoms with Crippen LogP contribution in [0.3, 0.4) is 0 Å². The van der Waals surface area contributed by atoms with Crippen LogP contribution in [0.4, 0.5) is 0 Å². The average Bonchev–Trinajstić information content (AvgIpc) is 2.67. The Morgan fingerprint density at radius 3 is 2.21 bits per heavy atom. The van der Waals surface area contributed by atoms with Crippen LogP contribution >= 0.6 is 0 Å². The maximum absolute atomic E-state index is 12.5. The molecule has 132 valence electrons. The van der Waals surface area contributed by atoms with E-state index in [9.17, 15) is 4.79 Å². The summed E-state index contributed by atoms with van der Waals surface area (Å²) in [6.45, 7) is 0.459. The third kappa shape index (κ3) is 5.07. The van der Waals surface area contributed by atoms with Crippen molar-refractivity contribution < 1.29 is 4.79 Å². The summed E-state index contributed by atoms with van der Waals surface area (Å²) in [6.07, 6.45) is 12.8. The number of nitrogens with one attached hydrogen (secondary N) is 2. The number of amides is 1. The molecule has 2 aliphatic carbocycles. The van der Waals surface area contributed by atoms with Gasteiger partial charge in [0.05, 0.1) is 12.6 Å². The highest BCUT2D eigenvalue weighted by Gasteiger charge is 2.26. The van der Waals surface area contributed by atoms with E-state index in [0.29, 0.717) is 18.5 Å². The lowest BCUT2D eigenvalue weighted by molar-refractivity contribution is -0.121. The van der Waals surface area contributed by atoms with Gasteiger partial charge >= 0.3 is 0 Å². The van der Waals surface area contributed by atoms with Gasteiger partial charge in [-0.2, -0.15) is 0 Å². The van der Waals surface area contributed by atoms with Gasteiger partial charge in [-0.3, -0.25) is 4.79 Å². The zero-order valence-electron chi connectivity index (χ0n) is 14.8. The van der Waals surface area contributed by atoms with Crippen molar-refractivity contribution in [2.45, 2.75) is 76.3 Å². The number of hydrogen-bond donors (Lipinski definition) is 2. The zero-order valence-corrected chi connectivity index (χ0v) is 14.8. The molecule has 0 heterocycles. The maximum atomic E-state index is 12.5. The second-order valence-electron chi connectivity index (χ2n) is 7.57. The van der Waals surface area contributed by atoms with Gasteiger partial charge in [-0.1, -0.05) is 68.9 Å². The van der Waals surface area contributed by atoms with Gasteiger partial charge in [0.25, 0.3) is 0 Å². The molecule has 0 aromatic heterocycles. The molecule has 3 rings (SSSR count). The van der Waals surface area contributed by atoms with Gasteiger partial charge in [0.1, 0.15) is 0 Å². The number of hydrogen-bond acceptors (Lipinski definition) is 2. The second kappa shape index (κ2) is 9.22. The van der Waals surface area contributed by atoms with Crippen molar-refractivity contribution in [3.8, 4) is 0 Å². The molecule has 3 heteroatoms. The van der Waals surface area contributed by atoms with Crippen molar-refractivity contribution in [3.05, 3.63) is 35.9 Å². The smallest absolute Gasteiger partial charge is 0.234 e. The molecule has 3 nitrogen and oxygen atoms in total. The largest absolute Gasteiger partial charge is 0.348 e. The first kappa shape index (κ1) is 17.5. The molecule has 2 aliphatic rings. The quantitative estimate of drug-likeness (QED) is 0.815. The van der Waals surface area contributed by atoms with Gasteiger partial charge in [-0.15, -0.1) is 0 Å². The van der Waals surface area contributed by atoms with E-state index in [2.05, 4.69) is 34.9 Å². The Morgan fingerprint density at radius 2 is 1.54 bits per heavy atom. The molecular formula is C21H32N2O. The molecular weight excluding hydrogens is 296 g/mol. The zero-order chi connectivity index (χ0) is 16.6. The summed E-state index contributed by atoms with van der Waals surface area (Å²) in [5.74, 6) is 0.736. The van der Waals surface area contributed by atoms with Crippen LogP contribution in [0.25, 0.3) is 0 Å². The Balaban J connectivity index is 1.57. The Morgan fingerprint density at radius 1 is 0.917 bits per heavy atom. The summed E-state index contributed by atoms with van der Waals surface area (Å²) in [5.41, 5.74) is 1.26. The monoisotopic (exact) mass is 328 g/mol. The minimum Gasteiger partial charge on any atom is -0.348 e. The molecule has 2 saturated carbocycles. The number of carbonyl (C=O) groups is 1. The molecule has 1 atom stereocenters. The highest BCUT2D eigenvalue weighted by Crippen LogP contribution is 2.34. The summed E-state index contributed by atoms with van der Waals surface area (Å²) in [6, 6.07) is 11.2. The number of benzene rings is 1. The Kier molecular flexibility index (Phi) is 6.71. The Hall–Kier alpha value is -1.35. The molecule has 0 saturated heterocycles. The fraction of sp³-hybridized carbons (Fsp3) is 0.667. The van der Waals surface area contributed by atoms with E-state index in [1.807, 2.05) is 6.07 Å². The lowest BCUT2D eigenvalue weighted by Gasteiger charge is -2.32. The van der Waals surface area contributed by atoms with Crippen LogP contribution in [0, 0.1) is 5.92 Å². The third-order valence-corrected chi connectivity index (χ3v) is 5.75. The summed E-state index contributed by atoms with van der Waals surface area (Å²) < 4.78 is 0. The molecule has 0 spiro atoms. The van der Waals surface area contributed by atoms with Crippen LogP contribution in [0.5, 0.6) is 0 Å². The first-order chi connectivity index (χ1) is 11.8. The second-order valence-corrected chi connectivity index (χ2v) is 7.57. The van der Waals surface area contributed by atoms with E-state index in [-0.39, 0.29) is 11.9 Å². The van der Waals surface area contributed by atoms with Crippen molar-refractivity contribution in [2.75, 3.05) is 6.54 Å². The Labute approximate surface area is 146 Å². The van der Waals surface area contributed by atoms with Crippen molar-refractivity contribution in [2.24, 2.45) is 5.92 Å². The molecule has 2 fully saturated rings. The summed E-state index contributed by atoms with van der Waals surface area (Å²) in [4.78, 5) is 12.5. The maximum Gasteiger partial charge on any atom is 0.234 e. The van der Waals surface area contributed by atoms with Gasteiger partial charge in [0.2, 0.25) is 5.91 Å². The fourth-order valence-corrected chi connectivity index (χ4v) is 4.37.